The summed E-state index contributed by atoms with van der Waals surface area (Å²) in [5.41, 5.74) is 1.33. The van der Waals surface area contributed by atoms with Crippen LogP contribution in [-0.2, 0) is 13.2 Å². The van der Waals surface area contributed by atoms with Gasteiger partial charge < -0.3 is 13.9 Å². The molecule has 0 saturated heterocycles. The number of methoxy groups -OCH3 is 1. The number of aromatic nitrogens is 2. The van der Waals surface area contributed by atoms with Crippen molar-refractivity contribution in [2.24, 2.45) is 0 Å². The Labute approximate surface area is 168 Å². The summed E-state index contributed by atoms with van der Waals surface area (Å²) in [5, 5.41) is 4.31. The van der Waals surface area contributed by atoms with Gasteiger partial charge in [-0.2, -0.15) is 0 Å². The second-order valence-corrected chi connectivity index (χ2v) is 6.58. The van der Waals surface area contributed by atoms with E-state index in [1.807, 2.05) is 37.1 Å². The van der Waals surface area contributed by atoms with Crippen LogP contribution in [0.4, 0.5) is 4.39 Å². The summed E-state index contributed by atoms with van der Waals surface area (Å²) in [4.78, 5) is 2.20. The van der Waals surface area contributed by atoms with Gasteiger partial charge in [0, 0.05) is 6.54 Å². The molecule has 6 nitrogen and oxygen atoms in total. The Morgan fingerprint density at radius 1 is 1.21 bits per heavy atom. The van der Waals surface area contributed by atoms with Gasteiger partial charge in [0.1, 0.15) is 5.82 Å². The van der Waals surface area contributed by atoms with Gasteiger partial charge in [-0.05, 0) is 56.0 Å². The Kier molecular flexibility index (Phi) is 6.43. The molecule has 28 heavy (non-hydrogen) atoms. The lowest BCUT2D eigenvalue weighted by Gasteiger charge is -2.17. The maximum absolute atomic E-state index is 13.9. The van der Waals surface area contributed by atoms with Crippen molar-refractivity contribution in [3.8, 4) is 23.0 Å². The van der Waals surface area contributed by atoms with Crippen molar-refractivity contribution in [2.45, 2.75) is 20.1 Å². The van der Waals surface area contributed by atoms with Gasteiger partial charge in [0.25, 0.3) is 4.84 Å². The first kappa shape index (κ1) is 20.0. The Morgan fingerprint density at radius 3 is 2.71 bits per heavy atom. The van der Waals surface area contributed by atoms with E-state index in [1.54, 1.807) is 25.3 Å². The van der Waals surface area contributed by atoms with Gasteiger partial charge >= 0.3 is 0 Å². The lowest BCUT2D eigenvalue weighted by molar-refractivity contribution is 0.240. The molecule has 0 aliphatic heterocycles. The van der Waals surface area contributed by atoms with Crippen LogP contribution in [0.25, 0.3) is 11.5 Å². The molecule has 0 amide bonds. The van der Waals surface area contributed by atoms with E-state index >= 15 is 0 Å². The molecule has 8 heteroatoms. The average Bonchev–Trinajstić information content (AvgIpc) is 3.03. The highest BCUT2D eigenvalue weighted by atomic mass is 32.1. The molecule has 0 N–H and O–H groups in total. The lowest BCUT2D eigenvalue weighted by Crippen LogP contribution is -2.22. The summed E-state index contributed by atoms with van der Waals surface area (Å²) >= 11 is 5.23. The van der Waals surface area contributed by atoms with Crippen LogP contribution < -0.4 is 9.47 Å². The molecule has 0 bridgehead atoms. The van der Waals surface area contributed by atoms with Crippen LogP contribution in [0, 0.1) is 10.7 Å². The minimum atomic E-state index is -0.402. The van der Waals surface area contributed by atoms with E-state index in [4.69, 9.17) is 26.1 Å². The summed E-state index contributed by atoms with van der Waals surface area (Å²) in [7, 11) is 3.55. The molecule has 3 aromatic rings. The fourth-order valence-electron chi connectivity index (χ4n) is 2.81. The van der Waals surface area contributed by atoms with Gasteiger partial charge in [0.15, 0.2) is 11.5 Å². The third-order valence-electron chi connectivity index (χ3n) is 4.07. The van der Waals surface area contributed by atoms with Crippen molar-refractivity contribution >= 4 is 12.2 Å². The zero-order valence-electron chi connectivity index (χ0n) is 16.0. The second kappa shape index (κ2) is 8.99. The molecular weight excluding hydrogens is 381 g/mol. The predicted molar refractivity (Wildman–Crippen MR) is 106 cm³/mol. The van der Waals surface area contributed by atoms with E-state index in [2.05, 4.69) is 5.10 Å². The molecule has 0 fully saturated rings. The van der Waals surface area contributed by atoms with Gasteiger partial charge in [-0.3, -0.25) is 4.90 Å². The molecule has 0 radical (unpaired) electrons. The van der Waals surface area contributed by atoms with Gasteiger partial charge in [0.2, 0.25) is 5.89 Å². The van der Waals surface area contributed by atoms with Crippen LogP contribution in [0.5, 0.6) is 11.5 Å². The number of ether oxygens (including phenoxy) is 2. The van der Waals surface area contributed by atoms with Crippen molar-refractivity contribution in [1.29, 1.82) is 0 Å². The quantitative estimate of drug-likeness (QED) is 0.516. The number of halogens is 1. The fourth-order valence-corrected chi connectivity index (χ4v) is 2.99. The van der Waals surface area contributed by atoms with Crippen LogP contribution in [0.3, 0.4) is 0 Å². The van der Waals surface area contributed by atoms with Crippen LogP contribution in [-0.4, -0.2) is 35.4 Å². The van der Waals surface area contributed by atoms with Crippen LogP contribution in [0.15, 0.2) is 46.9 Å². The molecule has 0 aliphatic rings. The van der Waals surface area contributed by atoms with E-state index < -0.39 is 5.82 Å². The van der Waals surface area contributed by atoms with E-state index in [0.717, 1.165) is 5.56 Å². The Hall–Kier alpha value is -2.71. The minimum Gasteiger partial charge on any atom is -0.493 e. The molecule has 0 unspecified atom stereocenters. The normalized spacial score (nSPS) is 11.0. The fraction of sp³-hybridized carbons (Fsp3) is 0.300. The first-order chi connectivity index (χ1) is 13.5. The molecule has 1 heterocycles. The molecule has 0 aliphatic carbocycles. The summed E-state index contributed by atoms with van der Waals surface area (Å²) in [6, 6.07) is 12.1. The summed E-state index contributed by atoms with van der Waals surface area (Å²) in [6.45, 7) is 3.53. The van der Waals surface area contributed by atoms with Gasteiger partial charge in [-0.25, -0.2) is 9.07 Å². The predicted octanol–water partition coefficient (Wildman–Crippen LogP) is 4.51. The Morgan fingerprint density at radius 2 is 2.00 bits per heavy atom. The zero-order chi connectivity index (χ0) is 20.1. The monoisotopic (exact) mass is 403 g/mol. The average molecular weight is 403 g/mol. The smallest absolute Gasteiger partial charge is 0.288 e. The summed E-state index contributed by atoms with van der Waals surface area (Å²) in [5.74, 6) is 1.16. The first-order valence-electron chi connectivity index (χ1n) is 8.83. The highest BCUT2D eigenvalue weighted by molar-refractivity contribution is 7.71. The van der Waals surface area contributed by atoms with E-state index in [1.165, 1.54) is 10.7 Å². The third-order valence-corrected chi connectivity index (χ3v) is 4.36. The molecule has 0 spiro atoms. The highest BCUT2D eigenvalue weighted by Gasteiger charge is 2.14. The standard InChI is InChI=1S/C20H22FN3O3S/c1-4-26-17-10-9-14(11-18(17)25-3)12-23(2)13-24-20(28)27-19(22-24)15-7-5-6-8-16(15)21/h5-11H,4,12-13H2,1-3H3. The number of hydrogen-bond acceptors (Lipinski definition) is 6. The van der Waals surface area contributed by atoms with Crippen LogP contribution in [0.2, 0.25) is 0 Å². The minimum absolute atomic E-state index is 0.166. The van der Waals surface area contributed by atoms with E-state index in [0.29, 0.717) is 31.3 Å². The molecular formula is C20H22FN3O3S. The number of nitrogens with zero attached hydrogens (tertiary/aromatic N) is 3. The number of benzene rings is 2. The third kappa shape index (κ3) is 4.58. The van der Waals surface area contributed by atoms with E-state index in [-0.39, 0.29) is 16.3 Å². The maximum atomic E-state index is 13.9. The Balaban J connectivity index is 1.73. The molecule has 2 aromatic carbocycles. The molecule has 1 aromatic heterocycles. The van der Waals surface area contributed by atoms with Gasteiger partial charge in [-0.15, -0.1) is 5.10 Å². The van der Waals surface area contributed by atoms with Crippen LogP contribution >= 0.6 is 12.2 Å². The molecule has 0 atom stereocenters. The molecule has 0 saturated carbocycles. The topological polar surface area (TPSA) is 52.7 Å². The van der Waals surface area contributed by atoms with E-state index in [9.17, 15) is 4.39 Å². The molecule has 148 valence electrons. The van der Waals surface area contributed by atoms with Crippen molar-refractivity contribution in [1.82, 2.24) is 14.7 Å². The van der Waals surface area contributed by atoms with Gasteiger partial charge in [-0.1, -0.05) is 18.2 Å². The lowest BCUT2D eigenvalue weighted by atomic mass is 10.2. The number of rotatable bonds is 8. The SMILES string of the molecule is CCOc1ccc(CN(C)Cn2nc(-c3ccccc3F)oc2=S)cc1OC. The van der Waals surface area contributed by atoms with Gasteiger partial charge in [0.05, 0.1) is 25.9 Å². The van der Waals surface area contributed by atoms with Crippen molar-refractivity contribution < 1.29 is 18.3 Å². The summed E-state index contributed by atoms with van der Waals surface area (Å²) in [6.07, 6.45) is 0. The molecule has 3 rings (SSSR count). The largest absolute Gasteiger partial charge is 0.493 e. The van der Waals surface area contributed by atoms with Crippen LogP contribution in [0.1, 0.15) is 12.5 Å². The Bertz CT molecular complexity index is 1000. The highest BCUT2D eigenvalue weighted by Crippen LogP contribution is 2.28. The first-order valence-corrected chi connectivity index (χ1v) is 9.23. The zero-order valence-corrected chi connectivity index (χ0v) is 16.8. The van der Waals surface area contributed by atoms with Crippen molar-refractivity contribution in [2.75, 3.05) is 20.8 Å². The number of hydrogen-bond donors (Lipinski definition) is 0. The van der Waals surface area contributed by atoms with Crippen molar-refractivity contribution in [3.05, 3.63) is 58.7 Å². The van der Waals surface area contributed by atoms with Crippen molar-refractivity contribution in [3.63, 3.8) is 0 Å². The maximum Gasteiger partial charge on any atom is 0.288 e. The second-order valence-electron chi connectivity index (χ2n) is 6.23. The summed E-state index contributed by atoms with van der Waals surface area (Å²) < 4.78 is 31.9.